The number of para-hydroxylation sites is 1. The molecule has 1 spiro atoms. The Hall–Kier alpha value is -6.23. The largest absolute Gasteiger partial charge is 0.277 e. The molecule has 0 N–H and O–H groups in total. The van der Waals surface area contributed by atoms with E-state index in [1.165, 1.54) is 53.9 Å². The number of hydrogen-bond acceptors (Lipinski definition) is 3. The lowest BCUT2D eigenvalue weighted by molar-refractivity contribution is 0.724. The molecule has 0 saturated carbocycles. The number of fused-ring (bicyclic) bond motifs is 13. The van der Waals surface area contributed by atoms with Crippen LogP contribution in [0.3, 0.4) is 0 Å². The number of hydrogen-bond donors (Lipinski definition) is 0. The summed E-state index contributed by atoms with van der Waals surface area (Å²) in [7, 11) is 0. The van der Waals surface area contributed by atoms with Crippen molar-refractivity contribution in [3.8, 4) is 39.6 Å². The molecule has 0 unspecified atom stereocenters. The summed E-state index contributed by atoms with van der Waals surface area (Å²) in [6.07, 6.45) is 0. The Bertz CT molecular complexity index is 2730. The highest BCUT2D eigenvalue weighted by Gasteiger charge is 2.50. The van der Waals surface area contributed by atoms with Crippen LogP contribution in [0, 0.1) is 0 Å². The van der Waals surface area contributed by atoms with Crippen LogP contribution in [-0.2, 0) is 5.41 Å². The van der Waals surface area contributed by atoms with Gasteiger partial charge in [-0.2, -0.15) is 0 Å². The molecular weight excluding hydrogens is 639 g/mol. The van der Waals surface area contributed by atoms with Crippen LogP contribution in [0.1, 0.15) is 22.3 Å². The molecule has 4 heteroatoms. The maximum atomic E-state index is 5.37. The Labute approximate surface area is 299 Å². The second kappa shape index (κ2) is 10.9. The summed E-state index contributed by atoms with van der Waals surface area (Å²) in [5.74, 6) is 0.663. The number of nitrogens with zero attached hydrogens (tertiary/aromatic N) is 3. The SMILES string of the molecule is c1ccc(-c2cc(-c3ccccc3)nc(-n3c4ccccc4c4ccc5c(c43)Sc3ccccc3C53c4ccccc4-c4ccccc43)n2)cc1. The van der Waals surface area contributed by atoms with Crippen LogP contribution >= 0.6 is 11.8 Å². The van der Waals surface area contributed by atoms with Gasteiger partial charge in [-0.3, -0.25) is 4.57 Å². The highest BCUT2D eigenvalue weighted by atomic mass is 32.2. The van der Waals surface area contributed by atoms with Gasteiger partial charge in [-0.05, 0) is 51.6 Å². The summed E-state index contributed by atoms with van der Waals surface area (Å²) in [4.78, 5) is 13.2. The second-order valence-corrected chi connectivity index (χ2v) is 14.4. The molecule has 7 aromatic carbocycles. The highest BCUT2D eigenvalue weighted by Crippen LogP contribution is 2.63. The molecule has 1 aliphatic heterocycles. The minimum absolute atomic E-state index is 0.470. The second-order valence-electron chi connectivity index (χ2n) is 13.3. The Balaban J connectivity index is 1.29. The first-order valence-electron chi connectivity index (χ1n) is 17.3. The van der Waals surface area contributed by atoms with Crippen LogP contribution in [0.2, 0.25) is 0 Å². The van der Waals surface area contributed by atoms with Crippen molar-refractivity contribution in [1.29, 1.82) is 0 Å². The molecule has 1 aliphatic carbocycles. The van der Waals surface area contributed by atoms with Crippen LogP contribution in [0.15, 0.2) is 186 Å². The van der Waals surface area contributed by atoms with Gasteiger partial charge in [0, 0.05) is 31.7 Å². The molecular formula is C47H29N3S. The van der Waals surface area contributed by atoms with Crippen molar-refractivity contribution in [2.24, 2.45) is 0 Å². The molecule has 0 radical (unpaired) electrons. The van der Waals surface area contributed by atoms with Gasteiger partial charge < -0.3 is 0 Å². The fourth-order valence-corrected chi connectivity index (χ4v) is 9.94. The fourth-order valence-electron chi connectivity index (χ4n) is 8.62. The first kappa shape index (κ1) is 28.6. The summed E-state index contributed by atoms with van der Waals surface area (Å²) in [6.45, 7) is 0. The smallest absolute Gasteiger partial charge is 0.235 e. The molecule has 0 saturated heterocycles. The normalized spacial score (nSPS) is 13.6. The Morgan fingerprint density at radius 1 is 0.451 bits per heavy atom. The van der Waals surface area contributed by atoms with Crippen molar-refractivity contribution in [3.05, 3.63) is 198 Å². The van der Waals surface area contributed by atoms with Crippen LogP contribution in [0.5, 0.6) is 0 Å². The Morgan fingerprint density at radius 2 is 1.00 bits per heavy atom. The molecule has 2 aliphatic rings. The van der Waals surface area contributed by atoms with Gasteiger partial charge in [0.1, 0.15) is 0 Å². The van der Waals surface area contributed by atoms with Gasteiger partial charge in [0.05, 0.1) is 27.8 Å². The summed E-state index contributed by atoms with van der Waals surface area (Å²) >= 11 is 1.87. The fraction of sp³-hybridized carbons (Fsp3) is 0.0213. The van der Waals surface area contributed by atoms with Gasteiger partial charge in [-0.25, -0.2) is 9.97 Å². The first-order valence-corrected chi connectivity index (χ1v) is 18.2. The lowest BCUT2D eigenvalue weighted by Gasteiger charge is -2.40. The summed E-state index contributed by atoms with van der Waals surface area (Å²) in [6, 6.07) is 63.4. The van der Waals surface area contributed by atoms with E-state index < -0.39 is 5.41 Å². The van der Waals surface area contributed by atoms with Gasteiger partial charge in [0.25, 0.3) is 0 Å². The predicted molar refractivity (Wildman–Crippen MR) is 209 cm³/mol. The first-order chi connectivity index (χ1) is 25.3. The predicted octanol–water partition coefficient (Wildman–Crippen LogP) is 11.7. The zero-order valence-corrected chi connectivity index (χ0v) is 28.3. The molecule has 51 heavy (non-hydrogen) atoms. The van der Waals surface area contributed by atoms with Crippen LogP contribution in [0.4, 0.5) is 0 Å². The molecule has 238 valence electrons. The van der Waals surface area contributed by atoms with Crippen LogP contribution < -0.4 is 0 Å². The van der Waals surface area contributed by atoms with E-state index in [1.54, 1.807) is 0 Å². The Morgan fingerprint density at radius 3 is 1.67 bits per heavy atom. The van der Waals surface area contributed by atoms with Gasteiger partial charge in [-0.1, -0.05) is 169 Å². The van der Waals surface area contributed by atoms with Gasteiger partial charge in [0.2, 0.25) is 5.95 Å². The third-order valence-corrected chi connectivity index (χ3v) is 11.9. The molecule has 2 aromatic heterocycles. The lowest BCUT2D eigenvalue weighted by atomic mass is 9.67. The van der Waals surface area contributed by atoms with E-state index >= 15 is 0 Å². The molecule has 0 bridgehead atoms. The van der Waals surface area contributed by atoms with Crippen LogP contribution in [0.25, 0.3) is 61.4 Å². The lowest BCUT2D eigenvalue weighted by Crippen LogP contribution is -2.32. The van der Waals surface area contributed by atoms with Crippen molar-refractivity contribution in [1.82, 2.24) is 14.5 Å². The van der Waals surface area contributed by atoms with E-state index in [0.717, 1.165) is 33.5 Å². The van der Waals surface area contributed by atoms with Crippen molar-refractivity contribution >= 4 is 33.6 Å². The zero-order chi connectivity index (χ0) is 33.5. The standard InChI is InChI=1S/C47H29N3S/c1-3-15-30(16-4-1)40-29-41(31-17-5-2-6-18-31)49-46(48-40)50-42-25-13-9-21-34(42)35-27-28-39-45(44(35)50)51-43-26-14-12-24-38(43)47(39)36-22-10-7-19-32(36)33-20-8-11-23-37(33)47/h1-29H. The number of benzene rings is 7. The van der Waals surface area contributed by atoms with E-state index in [2.05, 4.69) is 168 Å². The third kappa shape index (κ3) is 3.97. The summed E-state index contributed by atoms with van der Waals surface area (Å²) in [5.41, 5.74) is 13.5. The van der Waals surface area contributed by atoms with E-state index in [1.807, 2.05) is 23.9 Å². The van der Waals surface area contributed by atoms with Gasteiger partial charge in [-0.15, -0.1) is 0 Å². The minimum atomic E-state index is -0.470. The molecule has 0 fully saturated rings. The summed E-state index contributed by atoms with van der Waals surface area (Å²) in [5, 5.41) is 2.38. The maximum Gasteiger partial charge on any atom is 0.235 e. The van der Waals surface area contributed by atoms with Crippen molar-refractivity contribution in [2.45, 2.75) is 15.2 Å². The molecule has 3 nitrogen and oxygen atoms in total. The molecule has 0 amide bonds. The molecule has 11 rings (SSSR count). The number of rotatable bonds is 3. The topological polar surface area (TPSA) is 30.7 Å². The monoisotopic (exact) mass is 667 g/mol. The Kier molecular flexibility index (Phi) is 6.10. The molecule has 3 heterocycles. The third-order valence-electron chi connectivity index (χ3n) is 10.7. The average Bonchev–Trinajstić information content (AvgIpc) is 3.70. The number of aromatic nitrogens is 3. The average molecular weight is 668 g/mol. The van der Waals surface area contributed by atoms with Crippen molar-refractivity contribution in [3.63, 3.8) is 0 Å². The van der Waals surface area contributed by atoms with Crippen LogP contribution in [-0.4, -0.2) is 14.5 Å². The zero-order valence-electron chi connectivity index (χ0n) is 27.5. The van der Waals surface area contributed by atoms with Gasteiger partial charge >= 0.3 is 0 Å². The quantitative estimate of drug-likeness (QED) is 0.188. The van der Waals surface area contributed by atoms with Crippen molar-refractivity contribution in [2.75, 3.05) is 0 Å². The van der Waals surface area contributed by atoms with Crippen molar-refractivity contribution < 1.29 is 0 Å². The van der Waals surface area contributed by atoms with Gasteiger partial charge in [0.15, 0.2) is 0 Å². The van der Waals surface area contributed by atoms with E-state index in [0.29, 0.717) is 5.95 Å². The van der Waals surface area contributed by atoms with E-state index in [9.17, 15) is 0 Å². The maximum absolute atomic E-state index is 5.37. The summed E-state index contributed by atoms with van der Waals surface area (Å²) < 4.78 is 2.32. The molecule has 0 atom stereocenters. The molecule has 9 aromatic rings. The minimum Gasteiger partial charge on any atom is -0.277 e. The van der Waals surface area contributed by atoms with E-state index in [-0.39, 0.29) is 0 Å². The highest BCUT2D eigenvalue weighted by molar-refractivity contribution is 7.99. The van der Waals surface area contributed by atoms with E-state index in [4.69, 9.17) is 9.97 Å².